The molecule has 0 aromatic heterocycles. The zero-order valence-corrected chi connectivity index (χ0v) is 17.9. The van der Waals surface area contributed by atoms with Crippen LogP contribution < -0.4 is 15.4 Å². The fourth-order valence-electron chi connectivity index (χ4n) is 3.61. The number of ketones is 1. The van der Waals surface area contributed by atoms with Crippen LogP contribution in [0.15, 0.2) is 48.5 Å². The van der Waals surface area contributed by atoms with Crippen molar-refractivity contribution in [3.05, 3.63) is 59.7 Å². The summed E-state index contributed by atoms with van der Waals surface area (Å²) in [5.74, 6) is -0.451. The number of carbonyl (C=O) groups is 4. The number of hydrogen-bond donors (Lipinski definition) is 2. The second kappa shape index (κ2) is 8.59. The lowest BCUT2D eigenvalue weighted by Crippen LogP contribution is -2.47. The first-order valence-electron chi connectivity index (χ1n) is 9.95. The minimum Gasteiger partial charge on any atom is -0.497 e. The van der Waals surface area contributed by atoms with Crippen molar-refractivity contribution in [2.75, 3.05) is 12.4 Å². The summed E-state index contributed by atoms with van der Waals surface area (Å²) in [6, 6.07) is 11.6. The lowest BCUT2D eigenvalue weighted by molar-refractivity contribution is -0.136. The van der Waals surface area contributed by atoms with E-state index >= 15 is 0 Å². The van der Waals surface area contributed by atoms with Gasteiger partial charge in [-0.25, -0.2) is 9.69 Å². The van der Waals surface area contributed by atoms with Crippen LogP contribution in [0.25, 0.3) is 0 Å². The third-order valence-corrected chi connectivity index (χ3v) is 5.56. The van der Waals surface area contributed by atoms with E-state index in [1.807, 2.05) is 0 Å². The molecule has 31 heavy (non-hydrogen) atoms. The van der Waals surface area contributed by atoms with E-state index in [1.165, 1.54) is 13.8 Å². The van der Waals surface area contributed by atoms with Crippen LogP contribution in [0.4, 0.5) is 10.5 Å². The lowest BCUT2D eigenvalue weighted by atomic mass is 9.87. The predicted molar refractivity (Wildman–Crippen MR) is 115 cm³/mol. The number of benzene rings is 2. The highest BCUT2D eigenvalue weighted by atomic mass is 16.5. The molecule has 0 bridgehead atoms. The summed E-state index contributed by atoms with van der Waals surface area (Å²) in [6.45, 7) is 4.75. The van der Waals surface area contributed by atoms with E-state index < -0.39 is 29.4 Å². The molecule has 0 saturated carbocycles. The Labute approximate surface area is 180 Å². The van der Waals surface area contributed by atoms with Crippen molar-refractivity contribution in [2.45, 2.75) is 38.8 Å². The van der Waals surface area contributed by atoms with Gasteiger partial charge >= 0.3 is 6.03 Å². The summed E-state index contributed by atoms with van der Waals surface area (Å²) >= 11 is 0. The molecule has 8 heteroatoms. The number of ether oxygens (including phenoxy) is 1. The van der Waals surface area contributed by atoms with Crippen LogP contribution in [0.5, 0.6) is 5.75 Å². The first kappa shape index (κ1) is 22.0. The zero-order chi connectivity index (χ0) is 22.8. The molecule has 2 N–H and O–H groups in total. The number of carbonyl (C=O) groups excluding carboxylic acids is 4. The molecule has 8 nitrogen and oxygen atoms in total. The summed E-state index contributed by atoms with van der Waals surface area (Å²) in [5.41, 5.74) is 0.350. The van der Waals surface area contributed by atoms with E-state index in [-0.39, 0.29) is 5.78 Å². The van der Waals surface area contributed by atoms with Crippen molar-refractivity contribution in [3.8, 4) is 5.75 Å². The van der Waals surface area contributed by atoms with Crippen molar-refractivity contribution in [2.24, 2.45) is 0 Å². The molecule has 1 heterocycles. The summed E-state index contributed by atoms with van der Waals surface area (Å²) in [5, 5.41) is 5.45. The smallest absolute Gasteiger partial charge is 0.326 e. The van der Waals surface area contributed by atoms with Gasteiger partial charge in [-0.3, -0.25) is 14.4 Å². The molecule has 2 aromatic carbocycles. The molecule has 1 saturated heterocycles. The van der Waals surface area contributed by atoms with Crippen LogP contribution in [-0.2, 0) is 15.1 Å². The van der Waals surface area contributed by atoms with Crippen molar-refractivity contribution in [3.63, 3.8) is 0 Å². The first-order chi connectivity index (χ1) is 14.7. The number of urea groups is 1. The molecule has 4 amide bonds. The van der Waals surface area contributed by atoms with E-state index in [9.17, 15) is 19.2 Å². The Morgan fingerprint density at radius 1 is 1.10 bits per heavy atom. The second-order valence-corrected chi connectivity index (χ2v) is 7.39. The Kier molecular flexibility index (Phi) is 6.10. The minimum atomic E-state index is -1.25. The van der Waals surface area contributed by atoms with Gasteiger partial charge in [-0.1, -0.05) is 19.1 Å². The standard InChI is InChI=1S/C23H25N3O5/c1-5-23(17-8-12-19(31-4)13-9-17)21(29)26(22(30)25-23)14(2)20(28)24-18-10-6-16(7-11-18)15(3)27/h6-14H,5H2,1-4H3,(H,24,28)(H,25,30)/t14-,23-/m1/s1. The van der Waals surface area contributed by atoms with Crippen LogP contribution >= 0.6 is 0 Å². The summed E-state index contributed by atoms with van der Waals surface area (Å²) in [6.07, 6.45) is 0.321. The van der Waals surface area contributed by atoms with Crippen LogP contribution in [-0.4, -0.2) is 41.7 Å². The molecule has 162 valence electrons. The number of Topliss-reactive ketones (excluding diaryl/α,β-unsaturated/α-hetero) is 1. The molecular formula is C23H25N3O5. The Hall–Kier alpha value is -3.68. The highest BCUT2D eigenvalue weighted by molar-refractivity contribution is 6.11. The molecule has 3 rings (SSSR count). The Morgan fingerprint density at radius 2 is 1.71 bits per heavy atom. The zero-order valence-electron chi connectivity index (χ0n) is 17.9. The lowest BCUT2D eigenvalue weighted by Gasteiger charge is -2.27. The monoisotopic (exact) mass is 423 g/mol. The maximum absolute atomic E-state index is 13.3. The minimum absolute atomic E-state index is 0.0833. The normalized spacial score (nSPS) is 19.0. The van der Waals surface area contributed by atoms with Crippen molar-refractivity contribution in [1.29, 1.82) is 0 Å². The number of nitrogens with zero attached hydrogens (tertiary/aromatic N) is 1. The van der Waals surface area contributed by atoms with Gasteiger partial charge in [0.2, 0.25) is 5.91 Å². The topological polar surface area (TPSA) is 105 Å². The average molecular weight is 423 g/mol. The quantitative estimate of drug-likeness (QED) is 0.526. The number of amides is 4. The fraction of sp³-hybridized carbons (Fsp3) is 0.304. The molecule has 2 aromatic rings. The van der Waals surface area contributed by atoms with Gasteiger partial charge in [-0.2, -0.15) is 0 Å². The van der Waals surface area contributed by atoms with Gasteiger partial charge in [0.05, 0.1) is 7.11 Å². The largest absolute Gasteiger partial charge is 0.497 e. The van der Waals surface area contributed by atoms with Crippen LogP contribution in [0.2, 0.25) is 0 Å². The Balaban J connectivity index is 1.81. The molecule has 0 unspecified atom stereocenters. The number of anilines is 1. The third kappa shape index (κ3) is 4.01. The maximum Gasteiger partial charge on any atom is 0.326 e. The van der Waals surface area contributed by atoms with Gasteiger partial charge in [0.1, 0.15) is 17.3 Å². The van der Waals surface area contributed by atoms with E-state index in [4.69, 9.17) is 4.74 Å². The van der Waals surface area contributed by atoms with Crippen molar-refractivity contribution >= 4 is 29.3 Å². The van der Waals surface area contributed by atoms with Gasteiger partial charge in [-0.05, 0) is 62.2 Å². The van der Waals surface area contributed by atoms with Gasteiger partial charge in [0, 0.05) is 11.3 Å². The van der Waals surface area contributed by atoms with Gasteiger partial charge in [-0.15, -0.1) is 0 Å². The van der Waals surface area contributed by atoms with E-state index in [2.05, 4.69) is 10.6 Å². The predicted octanol–water partition coefficient (Wildman–Crippen LogP) is 3.08. The van der Waals surface area contributed by atoms with E-state index in [1.54, 1.807) is 62.6 Å². The molecule has 0 radical (unpaired) electrons. The second-order valence-electron chi connectivity index (χ2n) is 7.39. The average Bonchev–Trinajstić information content (AvgIpc) is 3.04. The molecule has 1 fully saturated rings. The first-order valence-corrected chi connectivity index (χ1v) is 9.95. The van der Waals surface area contributed by atoms with Crippen molar-refractivity contribution < 1.29 is 23.9 Å². The molecule has 1 aliphatic rings. The van der Waals surface area contributed by atoms with E-state index in [0.717, 1.165) is 4.90 Å². The Bertz CT molecular complexity index is 1020. The number of nitrogens with one attached hydrogen (secondary N) is 2. The number of rotatable bonds is 7. The van der Waals surface area contributed by atoms with Crippen LogP contribution in [0.1, 0.15) is 43.1 Å². The highest BCUT2D eigenvalue weighted by Crippen LogP contribution is 2.34. The molecular weight excluding hydrogens is 398 g/mol. The number of hydrogen-bond acceptors (Lipinski definition) is 5. The maximum atomic E-state index is 13.3. The number of imide groups is 1. The highest BCUT2D eigenvalue weighted by Gasteiger charge is 2.53. The van der Waals surface area contributed by atoms with E-state index in [0.29, 0.717) is 29.0 Å². The molecule has 0 aliphatic carbocycles. The summed E-state index contributed by atoms with van der Waals surface area (Å²) < 4.78 is 5.16. The fourth-order valence-corrected chi connectivity index (χ4v) is 3.61. The van der Waals surface area contributed by atoms with Gasteiger partial charge in [0.25, 0.3) is 5.91 Å². The molecule has 2 atom stereocenters. The van der Waals surface area contributed by atoms with Crippen molar-refractivity contribution in [1.82, 2.24) is 10.2 Å². The van der Waals surface area contributed by atoms with Crippen LogP contribution in [0, 0.1) is 0 Å². The van der Waals surface area contributed by atoms with Gasteiger partial charge < -0.3 is 15.4 Å². The van der Waals surface area contributed by atoms with Gasteiger partial charge in [0.15, 0.2) is 5.78 Å². The molecule has 0 spiro atoms. The SMILES string of the molecule is CC[C@]1(c2ccc(OC)cc2)NC(=O)N([C@H](C)C(=O)Nc2ccc(C(C)=O)cc2)C1=O. The third-order valence-electron chi connectivity index (χ3n) is 5.56. The Morgan fingerprint density at radius 3 is 2.23 bits per heavy atom. The summed E-state index contributed by atoms with van der Waals surface area (Å²) in [4.78, 5) is 51.2. The summed E-state index contributed by atoms with van der Waals surface area (Å²) in [7, 11) is 1.54. The molecule has 1 aliphatic heterocycles. The number of methoxy groups -OCH3 is 1. The van der Waals surface area contributed by atoms with Crippen LogP contribution in [0.3, 0.4) is 0 Å².